The van der Waals surface area contributed by atoms with Crippen molar-refractivity contribution in [2.45, 2.75) is 46.1 Å². The maximum absolute atomic E-state index is 11.6. The number of thiazole rings is 1. The molecule has 1 rings (SSSR count). The van der Waals surface area contributed by atoms with Crippen molar-refractivity contribution < 1.29 is 19.4 Å². The molecule has 0 aliphatic heterocycles. The highest BCUT2D eigenvalue weighted by atomic mass is 32.1. The monoisotopic (exact) mass is 312 g/mol. The van der Waals surface area contributed by atoms with Gasteiger partial charge in [0.25, 0.3) is 0 Å². The zero-order valence-corrected chi connectivity index (χ0v) is 13.4. The van der Waals surface area contributed by atoms with E-state index in [-0.39, 0.29) is 6.42 Å². The van der Waals surface area contributed by atoms with Gasteiger partial charge in [0.1, 0.15) is 5.60 Å². The SMILES string of the molecule is CC/C=C(\CC(=O)O)c1csc(NC(=O)OC(C)(C)C)n1. The average Bonchev–Trinajstić information content (AvgIpc) is 2.73. The number of carbonyl (C=O) groups is 2. The average molecular weight is 312 g/mol. The van der Waals surface area contributed by atoms with Gasteiger partial charge in [-0.25, -0.2) is 9.78 Å². The minimum absolute atomic E-state index is 0.0938. The van der Waals surface area contributed by atoms with Gasteiger partial charge < -0.3 is 9.84 Å². The first-order valence-electron chi connectivity index (χ1n) is 6.58. The Morgan fingerprint density at radius 1 is 1.48 bits per heavy atom. The summed E-state index contributed by atoms with van der Waals surface area (Å²) in [4.78, 5) is 26.7. The van der Waals surface area contributed by atoms with E-state index < -0.39 is 17.7 Å². The lowest BCUT2D eigenvalue weighted by Gasteiger charge is -2.18. The molecule has 0 unspecified atom stereocenters. The summed E-state index contributed by atoms with van der Waals surface area (Å²) in [6.07, 6.45) is 1.86. The van der Waals surface area contributed by atoms with Crippen LogP contribution in [0.1, 0.15) is 46.2 Å². The molecule has 1 heterocycles. The molecule has 0 fully saturated rings. The lowest BCUT2D eigenvalue weighted by Crippen LogP contribution is -2.27. The minimum Gasteiger partial charge on any atom is -0.481 e. The normalized spacial score (nSPS) is 12.1. The van der Waals surface area contributed by atoms with Crippen LogP contribution < -0.4 is 5.32 Å². The third kappa shape index (κ3) is 6.40. The number of carboxylic acids is 1. The second kappa shape index (κ2) is 7.21. The summed E-state index contributed by atoms with van der Waals surface area (Å²) in [6, 6.07) is 0. The van der Waals surface area contributed by atoms with Crippen LogP contribution in [-0.2, 0) is 9.53 Å². The van der Waals surface area contributed by atoms with Crippen molar-refractivity contribution in [3.8, 4) is 0 Å². The quantitative estimate of drug-likeness (QED) is 0.864. The smallest absolute Gasteiger partial charge is 0.413 e. The van der Waals surface area contributed by atoms with Crippen LogP contribution in [-0.4, -0.2) is 27.8 Å². The third-order valence-corrected chi connectivity index (χ3v) is 2.99. The van der Waals surface area contributed by atoms with E-state index in [1.54, 1.807) is 26.2 Å². The van der Waals surface area contributed by atoms with Gasteiger partial charge in [-0.15, -0.1) is 11.3 Å². The summed E-state index contributed by atoms with van der Waals surface area (Å²) in [5.74, 6) is -0.913. The fourth-order valence-corrected chi connectivity index (χ4v) is 2.27. The molecule has 0 saturated carbocycles. The van der Waals surface area contributed by atoms with Gasteiger partial charge in [-0.2, -0.15) is 0 Å². The fourth-order valence-electron chi connectivity index (χ4n) is 1.55. The Hall–Kier alpha value is -1.89. The highest BCUT2D eigenvalue weighted by Crippen LogP contribution is 2.24. The molecule has 0 aliphatic rings. The maximum Gasteiger partial charge on any atom is 0.413 e. The number of rotatable bonds is 5. The van der Waals surface area contributed by atoms with Crippen LogP contribution in [0.3, 0.4) is 0 Å². The van der Waals surface area contributed by atoms with Crippen molar-refractivity contribution in [2.24, 2.45) is 0 Å². The van der Waals surface area contributed by atoms with E-state index in [0.29, 0.717) is 16.4 Å². The van der Waals surface area contributed by atoms with E-state index in [1.807, 2.05) is 13.0 Å². The number of allylic oxidation sites excluding steroid dienone is 1. The second-order valence-corrected chi connectivity index (χ2v) is 6.23. The molecule has 1 aromatic heterocycles. The van der Waals surface area contributed by atoms with Crippen molar-refractivity contribution >= 4 is 34.1 Å². The van der Waals surface area contributed by atoms with Gasteiger partial charge in [-0.05, 0) is 32.8 Å². The molecule has 0 aromatic carbocycles. The van der Waals surface area contributed by atoms with Gasteiger partial charge in [-0.3, -0.25) is 10.1 Å². The Morgan fingerprint density at radius 3 is 2.67 bits per heavy atom. The molecule has 0 atom stereocenters. The van der Waals surface area contributed by atoms with Crippen molar-refractivity contribution in [3.63, 3.8) is 0 Å². The van der Waals surface area contributed by atoms with Crippen LogP contribution in [0.5, 0.6) is 0 Å². The molecule has 116 valence electrons. The van der Waals surface area contributed by atoms with Gasteiger partial charge in [0, 0.05) is 5.38 Å². The molecule has 0 saturated heterocycles. The van der Waals surface area contributed by atoms with E-state index in [2.05, 4.69) is 10.3 Å². The molecule has 2 N–H and O–H groups in total. The summed E-state index contributed by atoms with van der Waals surface area (Å²) < 4.78 is 5.13. The van der Waals surface area contributed by atoms with Crippen LogP contribution in [0, 0.1) is 0 Å². The number of nitrogens with zero attached hydrogens (tertiary/aromatic N) is 1. The fraction of sp³-hybridized carbons (Fsp3) is 0.500. The van der Waals surface area contributed by atoms with E-state index in [4.69, 9.17) is 9.84 Å². The van der Waals surface area contributed by atoms with Crippen molar-refractivity contribution in [3.05, 3.63) is 17.2 Å². The number of ether oxygens (including phenoxy) is 1. The summed E-state index contributed by atoms with van der Waals surface area (Å²) in [7, 11) is 0. The molecule has 0 aliphatic carbocycles. The molecular weight excluding hydrogens is 292 g/mol. The highest BCUT2D eigenvalue weighted by Gasteiger charge is 2.18. The molecule has 1 aromatic rings. The van der Waals surface area contributed by atoms with Gasteiger partial charge >= 0.3 is 12.1 Å². The predicted octanol–water partition coefficient (Wildman–Crippen LogP) is 3.76. The zero-order valence-electron chi connectivity index (χ0n) is 12.6. The summed E-state index contributed by atoms with van der Waals surface area (Å²) in [5, 5.41) is 13.5. The number of hydrogen-bond acceptors (Lipinski definition) is 5. The molecular formula is C14H20N2O4S. The molecule has 21 heavy (non-hydrogen) atoms. The number of anilines is 1. The Morgan fingerprint density at radius 2 is 2.14 bits per heavy atom. The Labute approximate surface area is 127 Å². The first-order chi connectivity index (χ1) is 9.71. The van der Waals surface area contributed by atoms with Gasteiger partial charge in [-0.1, -0.05) is 13.0 Å². The number of aromatic nitrogens is 1. The lowest BCUT2D eigenvalue weighted by atomic mass is 10.1. The van der Waals surface area contributed by atoms with Crippen LogP contribution in [0.4, 0.5) is 9.93 Å². The van der Waals surface area contributed by atoms with Crippen molar-refractivity contribution in [2.75, 3.05) is 5.32 Å². The van der Waals surface area contributed by atoms with Crippen LogP contribution in [0.15, 0.2) is 11.5 Å². The van der Waals surface area contributed by atoms with Crippen LogP contribution >= 0.6 is 11.3 Å². The van der Waals surface area contributed by atoms with Crippen molar-refractivity contribution in [1.82, 2.24) is 4.98 Å². The molecule has 7 heteroatoms. The van der Waals surface area contributed by atoms with E-state index >= 15 is 0 Å². The molecule has 0 bridgehead atoms. The number of nitrogens with one attached hydrogen (secondary N) is 1. The Balaban J connectivity index is 2.78. The number of hydrogen-bond donors (Lipinski definition) is 2. The summed E-state index contributed by atoms with van der Waals surface area (Å²) in [6.45, 7) is 7.24. The number of amides is 1. The molecule has 6 nitrogen and oxygen atoms in total. The number of carbonyl (C=O) groups excluding carboxylic acids is 1. The van der Waals surface area contributed by atoms with E-state index in [1.165, 1.54) is 11.3 Å². The predicted molar refractivity (Wildman–Crippen MR) is 82.5 cm³/mol. The van der Waals surface area contributed by atoms with Gasteiger partial charge in [0.15, 0.2) is 5.13 Å². The first-order valence-corrected chi connectivity index (χ1v) is 7.46. The maximum atomic E-state index is 11.6. The second-order valence-electron chi connectivity index (χ2n) is 5.37. The number of carboxylic acid groups (broad SMARTS) is 1. The van der Waals surface area contributed by atoms with Gasteiger partial charge in [0.05, 0.1) is 12.1 Å². The first kappa shape index (κ1) is 17.2. The topological polar surface area (TPSA) is 88.5 Å². The molecule has 1 amide bonds. The van der Waals surface area contributed by atoms with Crippen molar-refractivity contribution in [1.29, 1.82) is 0 Å². The van der Waals surface area contributed by atoms with E-state index in [0.717, 1.165) is 6.42 Å². The Bertz CT molecular complexity index is 543. The molecule has 0 radical (unpaired) electrons. The molecule has 0 spiro atoms. The Kier molecular flexibility index (Phi) is 5.90. The largest absolute Gasteiger partial charge is 0.481 e. The third-order valence-electron chi connectivity index (χ3n) is 2.23. The van der Waals surface area contributed by atoms with Crippen LogP contribution in [0.2, 0.25) is 0 Å². The minimum atomic E-state index is -0.913. The zero-order chi connectivity index (χ0) is 16.0. The highest BCUT2D eigenvalue weighted by molar-refractivity contribution is 7.14. The van der Waals surface area contributed by atoms with Gasteiger partial charge in [0.2, 0.25) is 0 Å². The summed E-state index contributed by atoms with van der Waals surface area (Å²) >= 11 is 1.23. The lowest BCUT2D eigenvalue weighted by molar-refractivity contribution is -0.135. The number of aliphatic carboxylic acids is 1. The standard InChI is InChI=1S/C14H20N2O4S/c1-5-6-9(7-11(17)18)10-8-21-12(15-10)16-13(19)20-14(2,3)4/h6,8H,5,7H2,1-4H3,(H,17,18)(H,15,16,19)/b9-6+. The van der Waals surface area contributed by atoms with Crippen LogP contribution in [0.25, 0.3) is 5.57 Å². The van der Waals surface area contributed by atoms with E-state index in [9.17, 15) is 9.59 Å². The summed E-state index contributed by atoms with van der Waals surface area (Å²) in [5.41, 5.74) is 0.620.